The minimum atomic E-state index is -3.05. The largest absolute Gasteiger partial charge is 0.352 e. The minimum Gasteiger partial charge on any atom is -0.332 e. The quantitative estimate of drug-likeness (QED) is 0.257. The highest BCUT2D eigenvalue weighted by Gasteiger charge is 2.24. The lowest BCUT2D eigenvalue weighted by molar-refractivity contribution is 0.343. The highest BCUT2D eigenvalue weighted by molar-refractivity contribution is 8.56. The molecule has 0 aliphatic carbocycles. The average molecular weight is 419 g/mol. The van der Waals surface area contributed by atoms with Crippen LogP contribution in [0.2, 0.25) is 0 Å². The Hall–Kier alpha value is -1.59. The van der Waals surface area contributed by atoms with Crippen molar-refractivity contribution >= 4 is 62.7 Å². The molecule has 0 fully saturated rings. The molecule has 7 heteroatoms. The van der Waals surface area contributed by atoms with Crippen LogP contribution in [0.3, 0.4) is 0 Å². The van der Waals surface area contributed by atoms with E-state index in [-0.39, 0.29) is 0 Å². The zero-order valence-corrected chi connectivity index (χ0v) is 17.9. The van der Waals surface area contributed by atoms with E-state index in [9.17, 15) is 4.57 Å². The van der Waals surface area contributed by atoms with Gasteiger partial charge in [0, 0.05) is 11.4 Å². The Bertz CT molecular complexity index is 1010. The Labute approximate surface area is 169 Å². The van der Waals surface area contributed by atoms with Crippen molar-refractivity contribution in [2.75, 3.05) is 17.7 Å². The van der Waals surface area contributed by atoms with E-state index >= 15 is 0 Å². The van der Waals surface area contributed by atoms with E-state index in [2.05, 4.69) is 40.7 Å². The van der Waals surface area contributed by atoms with Gasteiger partial charge in [0.05, 0.1) is 6.61 Å². The number of hydrogen-bond donors (Lipinski definition) is 2. The normalized spacial score (nSPS) is 13.4. The summed E-state index contributed by atoms with van der Waals surface area (Å²) < 4.78 is 18.3. The van der Waals surface area contributed by atoms with Gasteiger partial charge in [0.15, 0.2) is 5.11 Å². The molecule has 1 atom stereocenters. The number of benzene rings is 3. The molecule has 0 aromatic heterocycles. The second kappa shape index (κ2) is 9.07. The van der Waals surface area contributed by atoms with E-state index in [1.807, 2.05) is 38.1 Å². The Morgan fingerprint density at radius 1 is 1.04 bits per heavy atom. The molecule has 0 saturated heterocycles. The molecule has 1 unspecified atom stereocenters. The fourth-order valence-corrected chi connectivity index (χ4v) is 6.98. The van der Waals surface area contributed by atoms with Crippen LogP contribution in [0.15, 0.2) is 54.6 Å². The number of fused-ring (bicyclic) bond motifs is 2. The van der Waals surface area contributed by atoms with Crippen LogP contribution in [-0.2, 0) is 9.09 Å². The summed E-state index contributed by atoms with van der Waals surface area (Å²) >= 11 is 6.65. The fourth-order valence-electron chi connectivity index (χ4n) is 2.78. The van der Waals surface area contributed by atoms with Crippen molar-refractivity contribution in [1.29, 1.82) is 0 Å². The van der Waals surface area contributed by atoms with Gasteiger partial charge in [-0.15, -0.1) is 0 Å². The zero-order chi connectivity index (χ0) is 19.3. The van der Waals surface area contributed by atoms with E-state index in [0.29, 0.717) is 11.7 Å². The minimum absolute atomic E-state index is 0.301. The average Bonchev–Trinajstić information content (AvgIpc) is 2.64. The summed E-state index contributed by atoms with van der Waals surface area (Å²) in [5.41, 5.74) is 0.846. The molecule has 0 spiro atoms. The van der Waals surface area contributed by atoms with Crippen LogP contribution < -0.4 is 10.4 Å². The van der Waals surface area contributed by atoms with Gasteiger partial charge in [-0.2, -0.15) is 0 Å². The van der Waals surface area contributed by atoms with Crippen LogP contribution in [0.25, 0.3) is 21.5 Å². The Morgan fingerprint density at radius 3 is 2.37 bits per heavy atom. The highest BCUT2D eigenvalue weighted by Crippen LogP contribution is 2.55. The van der Waals surface area contributed by atoms with Gasteiger partial charge in [-0.1, -0.05) is 37.3 Å². The van der Waals surface area contributed by atoms with Crippen molar-refractivity contribution in [1.82, 2.24) is 5.09 Å². The highest BCUT2D eigenvalue weighted by atomic mass is 32.7. The standard InChI is InChI=1S/C20H23N2O2PS2/c1-3-11-27-25(23,24-4-2)22-20(26)21-19-10-9-17-12-15-7-5-6-8-16(15)13-18(17)14-19/h5-10,12-14H,3-4,11H2,1-2H3,(H2,21,22,23,26). The molecule has 3 rings (SSSR count). The number of rotatable bonds is 7. The maximum atomic E-state index is 12.8. The van der Waals surface area contributed by atoms with Crippen LogP contribution in [0.4, 0.5) is 5.69 Å². The lowest BCUT2D eigenvalue weighted by atomic mass is 10.0. The van der Waals surface area contributed by atoms with Gasteiger partial charge in [0.25, 0.3) is 0 Å². The van der Waals surface area contributed by atoms with Crippen molar-refractivity contribution in [3.63, 3.8) is 0 Å². The van der Waals surface area contributed by atoms with Crippen molar-refractivity contribution in [2.45, 2.75) is 20.3 Å². The van der Waals surface area contributed by atoms with Gasteiger partial charge in [-0.3, -0.25) is 9.65 Å². The molecule has 0 saturated carbocycles. The number of nitrogens with one attached hydrogen (secondary N) is 2. The second-order valence-electron chi connectivity index (χ2n) is 6.08. The first-order valence-corrected chi connectivity index (χ1v) is 12.6. The zero-order valence-electron chi connectivity index (χ0n) is 15.4. The van der Waals surface area contributed by atoms with Crippen molar-refractivity contribution < 1.29 is 9.09 Å². The molecule has 2 N–H and O–H groups in total. The predicted molar refractivity (Wildman–Crippen MR) is 123 cm³/mol. The SMILES string of the molecule is CCCSP(=O)(NC(=S)Nc1ccc2cc3ccccc3cc2c1)OCC. The van der Waals surface area contributed by atoms with Gasteiger partial charge in [-0.25, -0.2) is 0 Å². The van der Waals surface area contributed by atoms with Crippen molar-refractivity contribution in [3.05, 3.63) is 54.6 Å². The first kappa shape index (κ1) is 20.2. The topological polar surface area (TPSA) is 50.4 Å². The summed E-state index contributed by atoms with van der Waals surface area (Å²) in [6.45, 7) is 1.19. The van der Waals surface area contributed by atoms with Crippen molar-refractivity contribution in [2.24, 2.45) is 0 Å². The third-order valence-corrected chi connectivity index (χ3v) is 8.50. The molecule has 27 heavy (non-hydrogen) atoms. The Balaban J connectivity index is 1.77. The van der Waals surface area contributed by atoms with Gasteiger partial charge in [0.1, 0.15) is 0 Å². The molecule has 0 amide bonds. The molecule has 3 aromatic carbocycles. The molecule has 0 radical (unpaired) electrons. The summed E-state index contributed by atoms with van der Waals surface area (Å²) in [6.07, 6.45) is 0.919. The first-order valence-electron chi connectivity index (χ1n) is 8.94. The summed E-state index contributed by atoms with van der Waals surface area (Å²) in [7, 11) is 0. The van der Waals surface area contributed by atoms with E-state index in [0.717, 1.165) is 28.6 Å². The van der Waals surface area contributed by atoms with Crippen LogP contribution >= 0.6 is 30.3 Å². The molecular weight excluding hydrogens is 395 g/mol. The van der Waals surface area contributed by atoms with Crippen LogP contribution in [0.5, 0.6) is 0 Å². The third kappa shape index (κ3) is 5.23. The number of hydrogen-bond acceptors (Lipinski definition) is 4. The Kier molecular flexibility index (Phi) is 6.77. The molecule has 142 valence electrons. The van der Waals surface area contributed by atoms with E-state index in [1.165, 1.54) is 22.2 Å². The summed E-state index contributed by atoms with van der Waals surface area (Å²) in [5, 5.41) is 11.0. The van der Waals surface area contributed by atoms with E-state index in [1.54, 1.807) is 0 Å². The molecule has 0 heterocycles. The van der Waals surface area contributed by atoms with E-state index < -0.39 is 6.72 Å². The van der Waals surface area contributed by atoms with Gasteiger partial charge in [-0.05, 0) is 82.8 Å². The lowest BCUT2D eigenvalue weighted by Gasteiger charge is -2.20. The Morgan fingerprint density at radius 2 is 1.70 bits per heavy atom. The van der Waals surface area contributed by atoms with Gasteiger partial charge < -0.3 is 9.84 Å². The van der Waals surface area contributed by atoms with Gasteiger partial charge >= 0.3 is 6.72 Å². The molecule has 0 bridgehead atoms. The summed E-state index contributed by atoms with van der Waals surface area (Å²) in [5.74, 6) is 0.746. The molecule has 3 aromatic rings. The summed E-state index contributed by atoms with van der Waals surface area (Å²) in [6, 6.07) is 18.7. The van der Waals surface area contributed by atoms with Crippen LogP contribution in [0.1, 0.15) is 20.3 Å². The smallest absolute Gasteiger partial charge is 0.332 e. The molecule has 0 aliphatic heterocycles. The van der Waals surface area contributed by atoms with Crippen LogP contribution in [-0.4, -0.2) is 17.5 Å². The fraction of sp³-hybridized carbons (Fsp3) is 0.250. The number of thiocarbonyl (C=S) groups is 1. The molecule has 0 aliphatic rings. The maximum absolute atomic E-state index is 12.8. The molecule has 4 nitrogen and oxygen atoms in total. The summed E-state index contributed by atoms with van der Waals surface area (Å²) in [4.78, 5) is 0. The second-order valence-corrected chi connectivity index (χ2v) is 10.8. The van der Waals surface area contributed by atoms with E-state index in [4.69, 9.17) is 16.7 Å². The third-order valence-electron chi connectivity index (χ3n) is 3.97. The first-order chi connectivity index (χ1) is 13.0. The van der Waals surface area contributed by atoms with Gasteiger partial charge in [0.2, 0.25) is 0 Å². The molecular formula is C20H23N2O2PS2. The number of anilines is 1. The maximum Gasteiger partial charge on any atom is 0.352 e. The monoisotopic (exact) mass is 418 g/mol. The lowest BCUT2D eigenvalue weighted by Crippen LogP contribution is -2.25. The predicted octanol–water partition coefficient (Wildman–Crippen LogP) is 6.57. The van der Waals surface area contributed by atoms with Crippen LogP contribution in [0, 0.1) is 0 Å². The van der Waals surface area contributed by atoms with Crippen molar-refractivity contribution in [3.8, 4) is 0 Å².